The summed E-state index contributed by atoms with van der Waals surface area (Å²) in [5.41, 5.74) is 2.59. The average molecular weight is 256 g/mol. The number of hydrogen-bond donors (Lipinski definition) is 0. The van der Waals surface area contributed by atoms with Gasteiger partial charge in [-0.1, -0.05) is 31.2 Å². The van der Waals surface area contributed by atoms with E-state index in [-0.39, 0.29) is 5.92 Å². The molecule has 1 nitrogen and oxygen atoms in total. The van der Waals surface area contributed by atoms with Crippen molar-refractivity contribution in [3.63, 3.8) is 0 Å². The van der Waals surface area contributed by atoms with E-state index < -0.39 is 0 Å². The first-order valence-corrected chi connectivity index (χ1v) is 7.27. The maximum atomic E-state index is 12.3. The van der Waals surface area contributed by atoms with Gasteiger partial charge in [-0.2, -0.15) is 0 Å². The number of rotatable bonds is 4. The van der Waals surface area contributed by atoms with E-state index in [4.69, 9.17) is 0 Å². The lowest BCUT2D eigenvalue weighted by Gasteiger charge is -2.28. The Bertz CT molecular complexity index is 582. The largest absolute Gasteiger partial charge is 0.299 e. The molecule has 1 heterocycles. The van der Waals surface area contributed by atoms with E-state index in [1.807, 2.05) is 12.1 Å². The third kappa shape index (κ3) is 2.01. The molecule has 0 saturated carbocycles. The first-order chi connectivity index (χ1) is 8.78. The zero-order valence-corrected chi connectivity index (χ0v) is 11.3. The van der Waals surface area contributed by atoms with E-state index in [2.05, 4.69) is 31.2 Å². The number of benzene rings is 1. The Morgan fingerprint density at radius 3 is 2.72 bits per heavy atom. The highest BCUT2D eigenvalue weighted by Crippen LogP contribution is 2.36. The maximum Gasteiger partial charge on any atom is 0.145 e. The lowest BCUT2D eigenvalue weighted by atomic mass is 9.74. The van der Waals surface area contributed by atoms with Gasteiger partial charge < -0.3 is 0 Å². The Labute approximate surface area is 111 Å². The second-order valence-electron chi connectivity index (χ2n) is 4.82. The lowest BCUT2D eigenvalue weighted by molar-refractivity contribution is -0.120. The summed E-state index contributed by atoms with van der Waals surface area (Å²) >= 11 is 1.77. The summed E-state index contributed by atoms with van der Waals surface area (Å²) in [5, 5.41) is 0. The summed E-state index contributed by atoms with van der Waals surface area (Å²) in [6.07, 6.45) is 2.59. The van der Waals surface area contributed by atoms with Gasteiger partial charge in [-0.05, 0) is 36.1 Å². The van der Waals surface area contributed by atoms with Gasteiger partial charge in [-0.15, -0.1) is 11.3 Å². The topological polar surface area (TPSA) is 17.1 Å². The number of ketones is 1. The maximum absolute atomic E-state index is 12.3. The molecule has 0 fully saturated rings. The van der Waals surface area contributed by atoms with Crippen LogP contribution >= 0.6 is 11.3 Å². The Morgan fingerprint density at radius 1 is 1.22 bits per heavy atom. The molecular weight excluding hydrogens is 240 g/mol. The second kappa shape index (κ2) is 4.69. The summed E-state index contributed by atoms with van der Waals surface area (Å²) in [5.74, 6) is 0.520. The van der Waals surface area contributed by atoms with Gasteiger partial charge in [0.25, 0.3) is 0 Å². The molecule has 0 radical (unpaired) electrons. The first kappa shape index (κ1) is 11.7. The van der Waals surface area contributed by atoms with Crippen molar-refractivity contribution in [2.24, 2.45) is 0 Å². The lowest BCUT2D eigenvalue weighted by Crippen LogP contribution is -2.26. The van der Waals surface area contributed by atoms with Crippen LogP contribution in [0.15, 0.2) is 36.4 Å². The minimum Gasteiger partial charge on any atom is -0.299 e. The molecule has 1 atom stereocenters. The highest BCUT2D eigenvalue weighted by Gasteiger charge is 2.31. The summed E-state index contributed by atoms with van der Waals surface area (Å²) in [6.45, 7) is 2.15. The predicted octanol–water partition coefficient (Wildman–Crippen LogP) is 3.76. The molecule has 2 aromatic rings. The van der Waals surface area contributed by atoms with Crippen molar-refractivity contribution < 1.29 is 4.79 Å². The van der Waals surface area contributed by atoms with Crippen molar-refractivity contribution in [2.75, 3.05) is 0 Å². The number of carbonyl (C=O) groups is 1. The summed E-state index contributed by atoms with van der Waals surface area (Å²) in [6, 6.07) is 12.5. The molecule has 18 heavy (non-hydrogen) atoms. The van der Waals surface area contributed by atoms with Crippen LogP contribution in [0.25, 0.3) is 0 Å². The fourth-order valence-electron chi connectivity index (χ4n) is 2.55. The number of carbonyl (C=O) groups excluding carboxylic acids is 1. The number of Topliss-reactive ketones (excluding diaryl/α,β-unsaturated/α-hetero) is 1. The Morgan fingerprint density at radius 2 is 2.00 bits per heavy atom. The molecule has 1 unspecified atom stereocenters. The van der Waals surface area contributed by atoms with Crippen LogP contribution in [-0.2, 0) is 24.1 Å². The van der Waals surface area contributed by atoms with Crippen LogP contribution in [0.3, 0.4) is 0 Å². The van der Waals surface area contributed by atoms with E-state index in [0.717, 1.165) is 12.8 Å². The summed E-state index contributed by atoms with van der Waals surface area (Å²) in [4.78, 5) is 14.8. The molecule has 0 aliphatic heterocycles. The number of hydrogen-bond acceptors (Lipinski definition) is 2. The number of aryl methyl sites for hydroxylation is 1. The van der Waals surface area contributed by atoms with Crippen LogP contribution in [-0.4, -0.2) is 5.78 Å². The average Bonchev–Trinajstić information content (AvgIpc) is 2.78. The van der Waals surface area contributed by atoms with Crippen molar-refractivity contribution >= 4 is 17.1 Å². The molecule has 0 N–H and O–H groups in total. The highest BCUT2D eigenvalue weighted by atomic mass is 32.1. The van der Waals surface area contributed by atoms with Crippen LogP contribution in [0.4, 0.5) is 0 Å². The minimum atomic E-state index is 0.147. The van der Waals surface area contributed by atoms with Crippen LogP contribution in [0.5, 0.6) is 0 Å². The fourth-order valence-corrected chi connectivity index (χ4v) is 3.52. The van der Waals surface area contributed by atoms with Crippen molar-refractivity contribution in [3.8, 4) is 0 Å². The monoisotopic (exact) mass is 256 g/mol. The second-order valence-corrected chi connectivity index (χ2v) is 6.07. The standard InChI is InChI=1S/C16H16OS/c1-2-12-7-8-13(18-12)10-16(17)15-9-11-5-3-4-6-14(11)15/h3-8,15H,2,9-10H2,1H3. The van der Waals surface area contributed by atoms with Gasteiger partial charge in [0.05, 0.1) is 0 Å². The Balaban J connectivity index is 1.70. The molecule has 0 saturated heterocycles. The zero-order chi connectivity index (χ0) is 12.5. The van der Waals surface area contributed by atoms with Gasteiger partial charge in [0.15, 0.2) is 0 Å². The van der Waals surface area contributed by atoms with Crippen molar-refractivity contribution in [1.82, 2.24) is 0 Å². The van der Waals surface area contributed by atoms with Crippen LogP contribution in [0.1, 0.15) is 33.7 Å². The Hall–Kier alpha value is -1.41. The number of fused-ring (bicyclic) bond motifs is 1. The fraction of sp³-hybridized carbons (Fsp3) is 0.312. The van der Waals surface area contributed by atoms with Crippen molar-refractivity contribution in [3.05, 3.63) is 57.3 Å². The molecule has 0 bridgehead atoms. The highest BCUT2D eigenvalue weighted by molar-refractivity contribution is 7.12. The summed E-state index contributed by atoms with van der Waals surface area (Å²) < 4.78 is 0. The van der Waals surface area contributed by atoms with E-state index in [0.29, 0.717) is 12.2 Å². The van der Waals surface area contributed by atoms with E-state index in [1.165, 1.54) is 20.9 Å². The molecule has 0 spiro atoms. The molecule has 92 valence electrons. The van der Waals surface area contributed by atoms with E-state index >= 15 is 0 Å². The van der Waals surface area contributed by atoms with Gasteiger partial charge in [0.2, 0.25) is 0 Å². The van der Waals surface area contributed by atoms with Gasteiger partial charge in [-0.25, -0.2) is 0 Å². The van der Waals surface area contributed by atoms with Crippen LogP contribution < -0.4 is 0 Å². The van der Waals surface area contributed by atoms with Gasteiger partial charge >= 0.3 is 0 Å². The molecule has 1 aromatic heterocycles. The van der Waals surface area contributed by atoms with Crippen LogP contribution in [0, 0.1) is 0 Å². The molecule has 1 aliphatic rings. The van der Waals surface area contributed by atoms with Gasteiger partial charge in [0, 0.05) is 22.1 Å². The first-order valence-electron chi connectivity index (χ1n) is 6.46. The smallest absolute Gasteiger partial charge is 0.145 e. The third-order valence-electron chi connectivity index (χ3n) is 3.66. The third-order valence-corrected chi connectivity index (χ3v) is 4.89. The van der Waals surface area contributed by atoms with E-state index in [9.17, 15) is 4.79 Å². The zero-order valence-electron chi connectivity index (χ0n) is 10.5. The predicted molar refractivity (Wildman–Crippen MR) is 75.3 cm³/mol. The van der Waals surface area contributed by atoms with Crippen LogP contribution in [0.2, 0.25) is 0 Å². The molecule has 3 rings (SSSR count). The SMILES string of the molecule is CCc1ccc(CC(=O)C2Cc3ccccc32)s1. The molecular formula is C16H16OS. The quantitative estimate of drug-likeness (QED) is 0.814. The minimum absolute atomic E-state index is 0.147. The van der Waals surface area contributed by atoms with Crippen molar-refractivity contribution in [2.45, 2.75) is 32.1 Å². The van der Waals surface area contributed by atoms with E-state index in [1.54, 1.807) is 11.3 Å². The molecule has 1 aliphatic carbocycles. The summed E-state index contributed by atoms with van der Waals surface area (Å²) in [7, 11) is 0. The molecule has 2 heteroatoms. The van der Waals surface area contributed by atoms with Crippen molar-refractivity contribution in [1.29, 1.82) is 0 Å². The Kier molecular flexibility index (Phi) is 3.04. The van der Waals surface area contributed by atoms with Gasteiger partial charge in [0.1, 0.15) is 5.78 Å². The molecule has 0 amide bonds. The van der Waals surface area contributed by atoms with Gasteiger partial charge in [-0.3, -0.25) is 4.79 Å². The normalized spacial score (nSPS) is 17.1. The molecule has 1 aromatic carbocycles. The number of thiophene rings is 1.